The van der Waals surface area contributed by atoms with Gasteiger partial charge in [0.2, 0.25) is 0 Å². The van der Waals surface area contributed by atoms with E-state index in [2.05, 4.69) is 21.0 Å². The molecule has 16 heavy (non-hydrogen) atoms. The second-order valence-corrected chi connectivity index (χ2v) is 4.55. The highest BCUT2D eigenvalue weighted by Crippen LogP contribution is 2.18. The zero-order chi connectivity index (χ0) is 11.7. The Balaban J connectivity index is 2.38. The van der Waals surface area contributed by atoms with Crippen LogP contribution in [0.4, 0.5) is 0 Å². The number of carbonyl (C=O) groups is 1. The van der Waals surface area contributed by atoms with Crippen molar-refractivity contribution in [2.75, 3.05) is 0 Å². The zero-order valence-corrected chi connectivity index (χ0v) is 10.7. The van der Waals surface area contributed by atoms with Crippen LogP contribution in [0.3, 0.4) is 0 Å². The Kier molecular flexibility index (Phi) is 2.92. The van der Waals surface area contributed by atoms with Gasteiger partial charge in [-0.25, -0.2) is 0 Å². The second-order valence-electron chi connectivity index (χ2n) is 3.70. The van der Waals surface area contributed by atoms with Crippen LogP contribution < -0.4 is 0 Å². The van der Waals surface area contributed by atoms with Gasteiger partial charge >= 0.3 is 0 Å². The molecule has 0 atom stereocenters. The molecule has 2 aromatic rings. The minimum absolute atomic E-state index is 0.00343. The fourth-order valence-electron chi connectivity index (χ4n) is 1.49. The SMILES string of the molecule is Cc1cc(C(=O)c2cnn(C)c2)ccc1Br. The van der Waals surface area contributed by atoms with Crippen LogP contribution in [0.2, 0.25) is 0 Å². The van der Waals surface area contributed by atoms with Crippen LogP contribution in [0, 0.1) is 6.92 Å². The van der Waals surface area contributed by atoms with Crippen molar-refractivity contribution in [3.8, 4) is 0 Å². The zero-order valence-electron chi connectivity index (χ0n) is 9.07. The summed E-state index contributed by atoms with van der Waals surface area (Å²) in [6, 6.07) is 5.57. The van der Waals surface area contributed by atoms with Crippen molar-refractivity contribution in [3.05, 3.63) is 51.8 Å². The van der Waals surface area contributed by atoms with Crippen molar-refractivity contribution in [2.45, 2.75) is 6.92 Å². The standard InChI is InChI=1S/C12H11BrN2O/c1-8-5-9(3-4-11(8)13)12(16)10-6-14-15(2)7-10/h3-7H,1-2H3. The first-order valence-electron chi connectivity index (χ1n) is 4.87. The molecule has 82 valence electrons. The number of hydrogen-bond acceptors (Lipinski definition) is 2. The lowest BCUT2D eigenvalue weighted by atomic mass is 10.0. The van der Waals surface area contributed by atoms with Gasteiger partial charge in [-0.15, -0.1) is 0 Å². The first-order chi connectivity index (χ1) is 7.58. The van der Waals surface area contributed by atoms with Crippen LogP contribution in [0.25, 0.3) is 0 Å². The largest absolute Gasteiger partial charge is 0.288 e. The predicted octanol–water partition coefficient (Wildman–Crippen LogP) is 2.72. The first kappa shape index (κ1) is 11.1. The lowest BCUT2D eigenvalue weighted by molar-refractivity contribution is 0.103. The van der Waals surface area contributed by atoms with Crippen molar-refractivity contribution in [1.82, 2.24) is 9.78 Å². The highest BCUT2D eigenvalue weighted by molar-refractivity contribution is 9.10. The lowest BCUT2D eigenvalue weighted by Crippen LogP contribution is -2.00. The lowest BCUT2D eigenvalue weighted by Gasteiger charge is -2.01. The van der Waals surface area contributed by atoms with Gasteiger partial charge in [-0.05, 0) is 30.7 Å². The molecule has 1 aromatic heterocycles. The molecule has 1 aromatic carbocycles. The Bertz CT molecular complexity index is 546. The maximum atomic E-state index is 12.1. The number of hydrogen-bond donors (Lipinski definition) is 0. The number of benzene rings is 1. The number of carbonyl (C=O) groups excluding carboxylic acids is 1. The molecule has 0 spiro atoms. The van der Waals surface area contributed by atoms with E-state index in [-0.39, 0.29) is 5.78 Å². The molecule has 2 rings (SSSR count). The maximum absolute atomic E-state index is 12.1. The molecule has 1 heterocycles. The molecule has 0 aliphatic carbocycles. The average molecular weight is 279 g/mol. The van der Waals surface area contributed by atoms with Gasteiger partial charge in [0.1, 0.15) is 0 Å². The van der Waals surface area contributed by atoms with Gasteiger partial charge in [0.05, 0.1) is 11.8 Å². The Morgan fingerprint density at radius 1 is 1.38 bits per heavy atom. The fraction of sp³-hybridized carbons (Fsp3) is 0.167. The van der Waals surface area contributed by atoms with Gasteiger partial charge in [-0.1, -0.05) is 15.9 Å². The van der Waals surface area contributed by atoms with Crippen LogP contribution in [0.1, 0.15) is 21.5 Å². The van der Waals surface area contributed by atoms with Crippen molar-refractivity contribution in [3.63, 3.8) is 0 Å². The number of halogens is 1. The van der Waals surface area contributed by atoms with Gasteiger partial charge in [0, 0.05) is 23.3 Å². The smallest absolute Gasteiger partial charge is 0.196 e. The van der Waals surface area contributed by atoms with E-state index in [1.807, 2.05) is 25.1 Å². The second kappa shape index (κ2) is 4.22. The van der Waals surface area contributed by atoms with Gasteiger partial charge in [0.25, 0.3) is 0 Å². The molecule has 0 unspecified atom stereocenters. The van der Waals surface area contributed by atoms with Crippen LogP contribution >= 0.6 is 15.9 Å². The van der Waals surface area contributed by atoms with Crippen molar-refractivity contribution < 1.29 is 4.79 Å². The molecule has 0 aliphatic heterocycles. The summed E-state index contributed by atoms with van der Waals surface area (Å²) in [6.45, 7) is 1.96. The Morgan fingerprint density at radius 2 is 2.12 bits per heavy atom. The van der Waals surface area contributed by atoms with Crippen molar-refractivity contribution in [1.29, 1.82) is 0 Å². The summed E-state index contributed by atoms with van der Waals surface area (Å²) in [5, 5.41) is 3.99. The van der Waals surface area contributed by atoms with Gasteiger partial charge in [-0.3, -0.25) is 9.48 Å². The topological polar surface area (TPSA) is 34.9 Å². The molecule has 0 aliphatic rings. The van der Waals surface area contributed by atoms with E-state index in [0.29, 0.717) is 11.1 Å². The normalized spacial score (nSPS) is 10.4. The van der Waals surface area contributed by atoms with E-state index < -0.39 is 0 Å². The number of rotatable bonds is 2. The molecule has 0 bridgehead atoms. The van der Waals surface area contributed by atoms with Crippen LogP contribution in [-0.2, 0) is 7.05 Å². The molecule has 4 heteroatoms. The molecule has 3 nitrogen and oxygen atoms in total. The number of ketones is 1. The van der Waals surface area contributed by atoms with E-state index in [4.69, 9.17) is 0 Å². The molecule has 0 fully saturated rings. The third-order valence-electron chi connectivity index (χ3n) is 2.39. The van der Waals surface area contributed by atoms with Crippen molar-refractivity contribution in [2.24, 2.45) is 7.05 Å². The van der Waals surface area contributed by atoms with Crippen LogP contribution in [0.15, 0.2) is 35.1 Å². The Labute approximate surface area is 102 Å². The van der Waals surface area contributed by atoms with Gasteiger partial charge in [0.15, 0.2) is 5.78 Å². The third-order valence-corrected chi connectivity index (χ3v) is 3.28. The summed E-state index contributed by atoms with van der Waals surface area (Å²) < 4.78 is 2.63. The van der Waals surface area contributed by atoms with E-state index in [9.17, 15) is 4.79 Å². The van der Waals surface area contributed by atoms with E-state index in [0.717, 1.165) is 10.0 Å². The first-order valence-corrected chi connectivity index (χ1v) is 5.67. The van der Waals surface area contributed by atoms with Crippen LogP contribution in [0.5, 0.6) is 0 Å². The highest BCUT2D eigenvalue weighted by atomic mass is 79.9. The van der Waals surface area contributed by atoms with Gasteiger partial charge in [-0.2, -0.15) is 5.10 Å². The number of nitrogens with zero attached hydrogens (tertiary/aromatic N) is 2. The third kappa shape index (κ3) is 2.07. The summed E-state index contributed by atoms with van der Waals surface area (Å²) in [5.74, 6) is 0.00343. The predicted molar refractivity (Wildman–Crippen MR) is 65.5 cm³/mol. The average Bonchev–Trinajstić information content (AvgIpc) is 2.68. The van der Waals surface area contributed by atoms with Crippen molar-refractivity contribution >= 4 is 21.7 Å². The highest BCUT2D eigenvalue weighted by Gasteiger charge is 2.11. The molecular formula is C12H11BrN2O. The molecule has 0 amide bonds. The maximum Gasteiger partial charge on any atom is 0.196 e. The van der Waals surface area contributed by atoms with Gasteiger partial charge < -0.3 is 0 Å². The Hall–Kier alpha value is -1.42. The molecule has 0 N–H and O–H groups in total. The summed E-state index contributed by atoms with van der Waals surface area (Å²) >= 11 is 3.41. The Morgan fingerprint density at radius 3 is 2.69 bits per heavy atom. The van der Waals surface area contributed by atoms with E-state index in [1.54, 1.807) is 24.1 Å². The molecule has 0 saturated heterocycles. The minimum Gasteiger partial charge on any atom is -0.288 e. The monoisotopic (exact) mass is 278 g/mol. The van der Waals surface area contributed by atoms with E-state index in [1.165, 1.54) is 0 Å². The summed E-state index contributed by atoms with van der Waals surface area (Å²) in [7, 11) is 1.80. The molecule has 0 radical (unpaired) electrons. The quantitative estimate of drug-likeness (QED) is 0.792. The summed E-state index contributed by atoms with van der Waals surface area (Å²) in [6.07, 6.45) is 3.30. The fourth-order valence-corrected chi connectivity index (χ4v) is 1.74. The number of aromatic nitrogens is 2. The van der Waals surface area contributed by atoms with E-state index >= 15 is 0 Å². The summed E-state index contributed by atoms with van der Waals surface area (Å²) in [5.41, 5.74) is 2.35. The molecular weight excluding hydrogens is 268 g/mol. The molecule has 0 saturated carbocycles. The van der Waals surface area contributed by atoms with Crippen LogP contribution in [-0.4, -0.2) is 15.6 Å². The minimum atomic E-state index is 0.00343. The summed E-state index contributed by atoms with van der Waals surface area (Å²) in [4.78, 5) is 12.1. The number of aryl methyl sites for hydroxylation is 2.